The third-order valence-electron chi connectivity index (χ3n) is 4.58. The van der Waals surface area contributed by atoms with E-state index in [0.717, 1.165) is 16.8 Å². The summed E-state index contributed by atoms with van der Waals surface area (Å²) in [6.07, 6.45) is 3.14. The summed E-state index contributed by atoms with van der Waals surface area (Å²) >= 11 is 0. The van der Waals surface area contributed by atoms with E-state index in [4.69, 9.17) is 14.2 Å². The second kappa shape index (κ2) is 9.60. The number of aromatic nitrogens is 2. The van der Waals surface area contributed by atoms with Gasteiger partial charge in [0.05, 0.1) is 32.3 Å². The molecule has 3 rings (SSSR count). The van der Waals surface area contributed by atoms with Gasteiger partial charge in [-0.15, -0.1) is 0 Å². The van der Waals surface area contributed by atoms with Gasteiger partial charge in [-0.3, -0.25) is 9.89 Å². The lowest BCUT2D eigenvalue weighted by molar-refractivity contribution is -0.123. The highest BCUT2D eigenvalue weighted by molar-refractivity contribution is 5.89. The minimum Gasteiger partial charge on any atom is -0.493 e. The molecule has 2 aromatic carbocycles. The summed E-state index contributed by atoms with van der Waals surface area (Å²) in [5.74, 6) is 1.51. The molecule has 0 spiro atoms. The van der Waals surface area contributed by atoms with E-state index in [0.29, 0.717) is 22.8 Å². The monoisotopic (exact) mass is 408 g/mol. The van der Waals surface area contributed by atoms with Gasteiger partial charge >= 0.3 is 0 Å². The molecule has 1 amide bonds. The molecular weight excluding hydrogens is 384 g/mol. The zero-order chi connectivity index (χ0) is 21.5. The second-order valence-electron chi connectivity index (χ2n) is 6.60. The summed E-state index contributed by atoms with van der Waals surface area (Å²) in [4.78, 5) is 12.0. The lowest BCUT2D eigenvalue weighted by Crippen LogP contribution is -2.24. The van der Waals surface area contributed by atoms with E-state index in [1.54, 1.807) is 20.4 Å². The quantitative estimate of drug-likeness (QED) is 0.440. The fraction of sp³-hybridized carbons (Fsp3) is 0.227. The Bertz CT molecular complexity index is 1060. The Morgan fingerprint density at radius 1 is 1.10 bits per heavy atom. The van der Waals surface area contributed by atoms with Crippen molar-refractivity contribution in [2.45, 2.75) is 13.8 Å². The van der Waals surface area contributed by atoms with Gasteiger partial charge < -0.3 is 14.2 Å². The molecule has 1 aromatic heterocycles. The largest absolute Gasteiger partial charge is 0.493 e. The second-order valence-corrected chi connectivity index (χ2v) is 6.60. The molecule has 30 heavy (non-hydrogen) atoms. The van der Waals surface area contributed by atoms with Crippen LogP contribution in [0, 0.1) is 13.8 Å². The van der Waals surface area contributed by atoms with Crippen LogP contribution in [0.25, 0.3) is 11.3 Å². The van der Waals surface area contributed by atoms with E-state index in [2.05, 4.69) is 20.7 Å². The van der Waals surface area contributed by atoms with Crippen molar-refractivity contribution in [2.75, 3.05) is 20.8 Å². The van der Waals surface area contributed by atoms with Crippen LogP contribution >= 0.6 is 0 Å². The van der Waals surface area contributed by atoms with Crippen molar-refractivity contribution in [3.05, 3.63) is 59.3 Å². The van der Waals surface area contributed by atoms with Gasteiger partial charge in [0.25, 0.3) is 5.91 Å². The number of H-pyrrole nitrogens is 1. The Morgan fingerprint density at radius 3 is 2.63 bits per heavy atom. The molecule has 0 bridgehead atoms. The Hall–Kier alpha value is -3.81. The van der Waals surface area contributed by atoms with E-state index >= 15 is 0 Å². The summed E-state index contributed by atoms with van der Waals surface area (Å²) in [5.41, 5.74) is 7.02. The molecule has 0 aliphatic rings. The molecular formula is C22H24N4O4. The number of carbonyl (C=O) groups is 1. The maximum absolute atomic E-state index is 12.0. The van der Waals surface area contributed by atoms with Gasteiger partial charge in [-0.1, -0.05) is 6.07 Å². The summed E-state index contributed by atoms with van der Waals surface area (Å²) in [6.45, 7) is 3.88. The molecule has 2 N–H and O–H groups in total. The van der Waals surface area contributed by atoms with Crippen molar-refractivity contribution >= 4 is 12.1 Å². The molecule has 0 aliphatic carbocycles. The molecule has 0 saturated carbocycles. The number of rotatable bonds is 8. The molecule has 0 fully saturated rings. The van der Waals surface area contributed by atoms with Crippen LogP contribution in [0.15, 0.2) is 47.7 Å². The Balaban J connectivity index is 1.61. The predicted molar refractivity (Wildman–Crippen MR) is 114 cm³/mol. The van der Waals surface area contributed by atoms with Crippen LogP contribution in [0.3, 0.4) is 0 Å². The summed E-state index contributed by atoms with van der Waals surface area (Å²) in [7, 11) is 3.16. The van der Waals surface area contributed by atoms with Crippen LogP contribution in [-0.4, -0.2) is 43.1 Å². The van der Waals surface area contributed by atoms with Crippen LogP contribution in [0.2, 0.25) is 0 Å². The van der Waals surface area contributed by atoms with Crippen LogP contribution in [-0.2, 0) is 4.79 Å². The smallest absolute Gasteiger partial charge is 0.277 e. The number of hydrogen-bond acceptors (Lipinski definition) is 6. The highest BCUT2D eigenvalue weighted by Crippen LogP contribution is 2.32. The topological polar surface area (TPSA) is 97.8 Å². The van der Waals surface area contributed by atoms with Crippen molar-refractivity contribution in [1.29, 1.82) is 0 Å². The standard InChI is InChI=1S/C22H24N4O4/c1-14-5-7-18(9-15(14)2)30-13-21(27)25-23-11-17-12-24-26-22(17)16-6-8-19(28-3)20(10-16)29-4/h5-12H,13H2,1-4H3,(H,24,26)(H,25,27)/b23-11+. The number of nitrogens with zero attached hydrogens (tertiary/aromatic N) is 2. The van der Waals surface area contributed by atoms with Crippen LogP contribution in [0.4, 0.5) is 0 Å². The van der Waals surface area contributed by atoms with Gasteiger partial charge in [0.2, 0.25) is 0 Å². The fourth-order valence-electron chi connectivity index (χ4n) is 2.77. The van der Waals surface area contributed by atoms with Crippen LogP contribution in [0.1, 0.15) is 16.7 Å². The van der Waals surface area contributed by atoms with E-state index in [9.17, 15) is 4.79 Å². The van der Waals surface area contributed by atoms with Gasteiger partial charge in [0.1, 0.15) is 5.75 Å². The highest BCUT2D eigenvalue weighted by Gasteiger charge is 2.11. The van der Waals surface area contributed by atoms with Crippen LogP contribution in [0.5, 0.6) is 17.2 Å². The van der Waals surface area contributed by atoms with E-state index in [1.807, 2.05) is 50.2 Å². The van der Waals surface area contributed by atoms with E-state index in [-0.39, 0.29) is 12.5 Å². The zero-order valence-electron chi connectivity index (χ0n) is 17.4. The maximum Gasteiger partial charge on any atom is 0.277 e. The number of nitrogens with one attached hydrogen (secondary N) is 2. The highest BCUT2D eigenvalue weighted by atomic mass is 16.5. The lowest BCUT2D eigenvalue weighted by atomic mass is 10.1. The number of hydrazone groups is 1. The molecule has 0 radical (unpaired) electrons. The zero-order valence-corrected chi connectivity index (χ0v) is 17.4. The number of ether oxygens (including phenoxy) is 3. The van der Waals surface area contributed by atoms with Crippen molar-refractivity contribution in [3.8, 4) is 28.5 Å². The molecule has 0 atom stereocenters. The third kappa shape index (κ3) is 4.96. The third-order valence-corrected chi connectivity index (χ3v) is 4.58. The van der Waals surface area contributed by atoms with Crippen molar-refractivity contribution in [3.63, 3.8) is 0 Å². The average molecular weight is 408 g/mol. The Labute approximate surface area is 174 Å². The molecule has 1 heterocycles. The Morgan fingerprint density at radius 2 is 1.90 bits per heavy atom. The minimum absolute atomic E-state index is 0.131. The first-order chi connectivity index (χ1) is 14.5. The number of aryl methyl sites for hydroxylation is 2. The van der Waals surface area contributed by atoms with Crippen molar-refractivity contribution in [2.24, 2.45) is 5.10 Å². The van der Waals surface area contributed by atoms with Crippen LogP contribution < -0.4 is 19.6 Å². The fourth-order valence-corrected chi connectivity index (χ4v) is 2.77. The van der Waals surface area contributed by atoms with Crippen molar-refractivity contribution < 1.29 is 19.0 Å². The molecule has 3 aromatic rings. The summed E-state index contributed by atoms with van der Waals surface area (Å²) in [5, 5.41) is 11.0. The van der Waals surface area contributed by atoms with E-state index < -0.39 is 0 Å². The molecule has 0 unspecified atom stereocenters. The number of benzene rings is 2. The van der Waals surface area contributed by atoms with Gasteiger partial charge in [0, 0.05) is 11.1 Å². The first-order valence-corrected chi connectivity index (χ1v) is 9.29. The number of methoxy groups -OCH3 is 2. The van der Waals surface area contributed by atoms with Gasteiger partial charge in [-0.25, -0.2) is 5.43 Å². The predicted octanol–water partition coefficient (Wildman–Crippen LogP) is 3.24. The van der Waals surface area contributed by atoms with Crippen molar-refractivity contribution in [1.82, 2.24) is 15.6 Å². The molecule has 8 nitrogen and oxygen atoms in total. The van der Waals surface area contributed by atoms with Gasteiger partial charge in [0.15, 0.2) is 18.1 Å². The molecule has 8 heteroatoms. The normalized spacial score (nSPS) is 10.8. The number of carbonyl (C=O) groups excluding carboxylic acids is 1. The minimum atomic E-state index is -0.361. The first-order valence-electron chi connectivity index (χ1n) is 9.29. The van der Waals surface area contributed by atoms with Gasteiger partial charge in [-0.05, 0) is 55.3 Å². The maximum atomic E-state index is 12.0. The number of aromatic amines is 1. The number of amides is 1. The summed E-state index contributed by atoms with van der Waals surface area (Å²) in [6, 6.07) is 11.2. The summed E-state index contributed by atoms with van der Waals surface area (Å²) < 4.78 is 16.1. The van der Waals surface area contributed by atoms with Gasteiger partial charge in [-0.2, -0.15) is 10.2 Å². The average Bonchev–Trinajstić information content (AvgIpc) is 3.22. The number of hydrogen-bond donors (Lipinski definition) is 2. The molecule has 156 valence electrons. The van der Waals surface area contributed by atoms with E-state index in [1.165, 1.54) is 11.8 Å². The SMILES string of the molecule is COc1ccc(-c2[nH]ncc2/C=N/NC(=O)COc2ccc(C)c(C)c2)cc1OC. The first kappa shape index (κ1) is 20.9. The Kier molecular flexibility index (Phi) is 6.69. The molecule has 0 aliphatic heterocycles. The molecule has 0 saturated heterocycles. The lowest BCUT2D eigenvalue weighted by Gasteiger charge is -2.09.